The Labute approximate surface area is 112 Å². The fourth-order valence-corrected chi connectivity index (χ4v) is 1.57. The van der Waals surface area contributed by atoms with E-state index in [4.69, 9.17) is 16.9 Å². The lowest BCUT2D eigenvalue weighted by Crippen LogP contribution is -2.19. The van der Waals surface area contributed by atoms with E-state index in [9.17, 15) is 9.18 Å². The molecule has 19 heavy (non-hydrogen) atoms. The molecule has 1 aromatic heterocycles. The maximum Gasteiger partial charge on any atom is 0.244 e. The second-order valence-electron chi connectivity index (χ2n) is 3.57. The largest absolute Gasteiger partial charge is 0.322 e. The first-order valence-electron chi connectivity index (χ1n) is 5.13. The van der Waals surface area contributed by atoms with Gasteiger partial charge in [0.1, 0.15) is 24.8 Å². The number of nitrogens with one attached hydrogen (secondary N) is 1. The monoisotopic (exact) mass is 279 g/mol. The van der Waals surface area contributed by atoms with Gasteiger partial charge in [0.15, 0.2) is 0 Å². The molecule has 1 N–H and O–H groups in total. The molecule has 8 heteroatoms. The van der Waals surface area contributed by atoms with E-state index >= 15 is 0 Å². The molecule has 2 rings (SSSR count). The molecule has 0 saturated carbocycles. The maximum absolute atomic E-state index is 13.4. The molecule has 0 fully saturated rings. The molecule has 0 spiro atoms. The van der Waals surface area contributed by atoms with Crippen LogP contribution in [0.5, 0.6) is 0 Å². The van der Waals surface area contributed by atoms with Crippen LogP contribution >= 0.6 is 11.6 Å². The lowest BCUT2D eigenvalue weighted by molar-refractivity contribution is -0.116. The number of amides is 1. The summed E-state index contributed by atoms with van der Waals surface area (Å²) in [5.74, 6) is -1.11. The van der Waals surface area contributed by atoms with Crippen LogP contribution in [0.2, 0.25) is 5.02 Å². The zero-order valence-electron chi connectivity index (χ0n) is 9.47. The van der Waals surface area contributed by atoms with E-state index in [1.54, 1.807) is 6.07 Å². The van der Waals surface area contributed by atoms with Gasteiger partial charge in [0.2, 0.25) is 11.7 Å². The fraction of sp³-hybridized carbons (Fsp3) is 0.0909. The number of anilines is 1. The summed E-state index contributed by atoms with van der Waals surface area (Å²) in [6.07, 6.45) is 1.24. The van der Waals surface area contributed by atoms with Crippen LogP contribution in [0.3, 0.4) is 0 Å². The second-order valence-corrected chi connectivity index (χ2v) is 4.00. The number of carbonyl (C=O) groups is 1. The minimum absolute atomic E-state index is 0.00159. The number of halogens is 2. The maximum atomic E-state index is 13.4. The summed E-state index contributed by atoms with van der Waals surface area (Å²) in [5, 5.41) is 18.4. The minimum atomic E-state index is -0.595. The van der Waals surface area contributed by atoms with Gasteiger partial charge in [0.25, 0.3) is 0 Å². The Morgan fingerprint density at radius 3 is 3.11 bits per heavy atom. The molecule has 1 aromatic carbocycles. The summed E-state index contributed by atoms with van der Waals surface area (Å²) in [5.41, 5.74) is -0.0240. The molecule has 0 unspecified atom stereocenters. The minimum Gasteiger partial charge on any atom is -0.322 e. The predicted octanol–water partition coefficient (Wildman–Crippen LogP) is 1.58. The molecule has 2 aromatic rings. The smallest absolute Gasteiger partial charge is 0.244 e. The summed E-state index contributed by atoms with van der Waals surface area (Å²) in [6, 6.07) is 5.60. The average molecular weight is 280 g/mol. The Bertz CT molecular complexity index is 663. The van der Waals surface area contributed by atoms with Crippen molar-refractivity contribution in [2.75, 3.05) is 5.32 Å². The molecule has 6 nitrogen and oxygen atoms in total. The highest BCUT2D eigenvalue weighted by atomic mass is 35.5. The van der Waals surface area contributed by atoms with Crippen molar-refractivity contribution in [1.82, 2.24) is 14.8 Å². The number of hydrogen-bond donors (Lipinski definition) is 1. The topological polar surface area (TPSA) is 83.6 Å². The Morgan fingerprint density at radius 2 is 2.37 bits per heavy atom. The molecule has 0 radical (unpaired) electrons. The van der Waals surface area contributed by atoms with E-state index < -0.39 is 11.7 Å². The summed E-state index contributed by atoms with van der Waals surface area (Å²) in [4.78, 5) is 11.7. The van der Waals surface area contributed by atoms with E-state index in [1.165, 1.54) is 23.0 Å². The van der Waals surface area contributed by atoms with Crippen LogP contribution in [-0.4, -0.2) is 20.7 Å². The third-order valence-corrected chi connectivity index (χ3v) is 2.47. The van der Waals surface area contributed by atoms with Crippen LogP contribution in [0.4, 0.5) is 10.1 Å². The van der Waals surface area contributed by atoms with Crippen molar-refractivity contribution in [3.05, 3.63) is 41.2 Å². The standard InChI is InChI=1S/C11H7ClFN5O/c12-7-1-2-8(13)9(3-7)16-11(19)5-18-6-15-17-10(18)4-14/h1-3,6H,5H2,(H,16,19). The average Bonchev–Trinajstić information content (AvgIpc) is 2.81. The van der Waals surface area contributed by atoms with Crippen molar-refractivity contribution in [3.8, 4) is 6.07 Å². The Hall–Kier alpha value is -2.46. The van der Waals surface area contributed by atoms with E-state index in [-0.39, 0.29) is 18.1 Å². The van der Waals surface area contributed by atoms with Crippen molar-refractivity contribution in [3.63, 3.8) is 0 Å². The van der Waals surface area contributed by atoms with Crippen LogP contribution < -0.4 is 5.32 Å². The first-order chi connectivity index (χ1) is 9.10. The van der Waals surface area contributed by atoms with Gasteiger partial charge in [-0.15, -0.1) is 10.2 Å². The second kappa shape index (κ2) is 5.46. The molecule has 96 valence electrons. The van der Waals surface area contributed by atoms with Crippen molar-refractivity contribution in [1.29, 1.82) is 5.26 Å². The Morgan fingerprint density at radius 1 is 1.58 bits per heavy atom. The molecule has 1 heterocycles. The molecule has 0 saturated heterocycles. The molecular formula is C11H7ClFN5O. The molecule has 0 bridgehead atoms. The lowest BCUT2D eigenvalue weighted by Gasteiger charge is -2.07. The first-order valence-corrected chi connectivity index (χ1v) is 5.51. The van der Waals surface area contributed by atoms with E-state index in [1.807, 2.05) is 0 Å². The van der Waals surface area contributed by atoms with Gasteiger partial charge in [0.05, 0.1) is 5.69 Å². The van der Waals surface area contributed by atoms with Crippen molar-refractivity contribution < 1.29 is 9.18 Å². The predicted molar refractivity (Wildman–Crippen MR) is 64.8 cm³/mol. The van der Waals surface area contributed by atoms with Gasteiger partial charge in [-0.1, -0.05) is 11.6 Å². The summed E-state index contributed by atoms with van der Waals surface area (Å²) in [7, 11) is 0. The highest BCUT2D eigenvalue weighted by molar-refractivity contribution is 6.30. The van der Waals surface area contributed by atoms with Gasteiger partial charge in [0, 0.05) is 5.02 Å². The number of nitrogens with zero attached hydrogens (tertiary/aromatic N) is 4. The SMILES string of the molecule is N#Cc1nncn1CC(=O)Nc1cc(Cl)ccc1F. The van der Waals surface area contributed by atoms with E-state index in [2.05, 4.69) is 15.5 Å². The van der Waals surface area contributed by atoms with Crippen LogP contribution in [0.1, 0.15) is 5.82 Å². The molecule has 0 aliphatic carbocycles. The normalized spacial score (nSPS) is 9.95. The summed E-state index contributed by atoms with van der Waals surface area (Å²) >= 11 is 5.70. The van der Waals surface area contributed by atoms with Crippen LogP contribution in [0, 0.1) is 17.1 Å². The van der Waals surface area contributed by atoms with Crippen LogP contribution in [0.15, 0.2) is 24.5 Å². The highest BCUT2D eigenvalue weighted by Crippen LogP contribution is 2.19. The van der Waals surface area contributed by atoms with Gasteiger partial charge < -0.3 is 5.32 Å². The molecule has 0 aliphatic heterocycles. The summed E-state index contributed by atoms with van der Waals surface area (Å²) in [6.45, 7) is -0.193. The van der Waals surface area contributed by atoms with Crippen LogP contribution in [-0.2, 0) is 11.3 Å². The number of carbonyl (C=O) groups excluding carboxylic acids is 1. The quantitative estimate of drug-likeness (QED) is 0.924. The van der Waals surface area contributed by atoms with Crippen molar-refractivity contribution >= 4 is 23.2 Å². The third kappa shape index (κ3) is 3.05. The fourth-order valence-electron chi connectivity index (χ4n) is 1.39. The highest BCUT2D eigenvalue weighted by Gasteiger charge is 2.11. The zero-order chi connectivity index (χ0) is 13.8. The molecular weight excluding hydrogens is 273 g/mol. The van der Waals surface area contributed by atoms with Gasteiger partial charge in [-0.3, -0.25) is 9.36 Å². The summed E-state index contributed by atoms with van der Waals surface area (Å²) < 4.78 is 14.6. The Kier molecular flexibility index (Phi) is 3.73. The molecule has 0 aliphatic rings. The molecule has 0 atom stereocenters. The third-order valence-electron chi connectivity index (χ3n) is 2.23. The number of aromatic nitrogens is 3. The number of rotatable bonds is 3. The number of hydrogen-bond acceptors (Lipinski definition) is 4. The van der Waals surface area contributed by atoms with Crippen molar-refractivity contribution in [2.45, 2.75) is 6.54 Å². The van der Waals surface area contributed by atoms with Crippen molar-refractivity contribution in [2.24, 2.45) is 0 Å². The van der Waals surface area contributed by atoms with E-state index in [0.29, 0.717) is 5.02 Å². The number of benzene rings is 1. The van der Waals surface area contributed by atoms with Gasteiger partial charge >= 0.3 is 0 Å². The molecule has 1 amide bonds. The van der Waals surface area contributed by atoms with Gasteiger partial charge in [-0.25, -0.2) is 4.39 Å². The Balaban J connectivity index is 2.10. The van der Waals surface area contributed by atoms with Crippen LogP contribution in [0.25, 0.3) is 0 Å². The number of nitriles is 1. The van der Waals surface area contributed by atoms with Gasteiger partial charge in [-0.2, -0.15) is 5.26 Å². The van der Waals surface area contributed by atoms with E-state index in [0.717, 1.165) is 6.07 Å². The lowest BCUT2D eigenvalue weighted by atomic mass is 10.3. The zero-order valence-corrected chi connectivity index (χ0v) is 10.2. The van der Waals surface area contributed by atoms with Gasteiger partial charge in [-0.05, 0) is 18.2 Å². The first kappa shape index (κ1) is 13.0.